The quantitative estimate of drug-likeness (QED) is 0.214. The molecule has 0 saturated heterocycles. The Kier molecular flexibility index (Phi) is 11.0. The number of nitrogens with one attached hydrogen (secondary N) is 2. The van der Waals surface area contributed by atoms with Crippen molar-refractivity contribution >= 4 is 41.3 Å². The van der Waals surface area contributed by atoms with E-state index in [4.69, 9.17) is 9.73 Å². The fraction of sp³-hybridized carbons (Fsp3) is 0.333. The van der Waals surface area contributed by atoms with E-state index in [9.17, 15) is 0 Å². The van der Waals surface area contributed by atoms with Gasteiger partial charge in [-0.2, -0.15) is 0 Å². The SMILES string of the molecule is CCNC(=NCc1ccccc1COCc1ccccc1)NCc1nc(C)c(C)s1.I. The maximum absolute atomic E-state index is 5.93. The first-order chi connectivity index (χ1) is 14.7. The smallest absolute Gasteiger partial charge is 0.191 e. The molecule has 2 aromatic carbocycles. The lowest BCUT2D eigenvalue weighted by atomic mass is 10.1. The Hall–Kier alpha value is -1.97. The van der Waals surface area contributed by atoms with Gasteiger partial charge in [0, 0.05) is 11.4 Å². The fourth-order valence-electron chi connectivity index (χ4n) is 2.99. The van der Waals surface area contributed by atoms with E-state index in [1.165, 1.54) is 21.6 Å². The van der Waals surface area contributed by atoms with E-state index in [0.717, 1.165) is 23.2 Å². The zero-order valence-electron chi connectivity index (χ0n) is 18.4. The lowest BCUT2D eigenvalue weighted by molar-refractivity contribution is 0.106. The zero-order chi connectivity index (χ0) is 21.2. The van der Waals surface area contributed by atoms with Gasteiger partial charge < -0.3 is 15.4 Å². The average molecular weight is 551 g/mol. The number of aliphatic imine (C=N–C) groups is 1. The molecule has 0 bridgehead atoms. The zero-order valence-corrected chi connectivity index (χ0v) is 21.5. The molecule has 3 aromatic rings. The standard InChI is InChI=1S/C24H30N4OS.HI/c1-4-25-24(27-15-23-28-18(2)19(3)30-23)26-14-21-12-8-9-13-22(21)17-29-16-20-10-6-5-7-11-20;/h5-13H,4,14-17H2,1-3H3,(H2,25,26,27);1H. The summed E-state index contributed by atoms with van der Waals surface area (Å²) in [5.41, 5.74) is 4.62. The minimum atomic E-state index is 0. The van der Waals surface area contributed by atoms with Crippen molar-refractivity contribution in [3.8, 4) is 0 Å². The molecule has 0 aliphatic heterocycles. The van der Waals surface area contributed by atoms with Crippen molar-refractivity contribution in [3.05, 3.63) is 86.9 Å². The number of halogens is 1. The van der Waals surface area contributed by atoms with Crippen LogP contribution in [0.2, 0.25) is 0 Å². The highest BCUT2D eigenvalue weighted by molar-refractivity contribution is 14.0. The number of aryl methyl sites for hydroxylation is 2. The molecule has 2 N–H and O–H groups in total. The van der Waals surface area contributed by atoms with Crippen molar-refractivity contribution in [2.75, 3.05) is 6.54 Å². The van der Waals surface area contributed by atoms with Gasteiger partial charge in [-0.1, -0.05) is 54.6 Å². The summed E-state index contributed by atoms with van der Waals surface area (Å²) >= 11 is 1.73. The molecule has 0 amide bonds. The van der Waals surface area contributed by atoms with E-state index in [1.54, 1.807) is 11.3 Å². The van der Waals surface area contributed by atoms with Crippen LogP contribution in [0.25, 0.3) is 0 Å². The van der Waals surface area contributed by atoms with Gasteiger partial charge in [0.1, 0.15) is 5.01 Å². The molecule has 166 valence electrons. The van der Waals surface area contributed by atoms with Crippen LogP contribution in [0, 0.1) is 13.8 Å². The van der Waals surface area contributed by atoms with Gasteiger partial charge in [0.25, 0.3) is 0 Å². The Balaban J connectivity index is 0.00000341. The largest absolute Gasteiger partial charge is 0.372 e. The van der Waals surface area contributed by atoms with Crippen LogP contribution in [0.4, 0.5) is 0 Å². The van der Waals surface area contributed by atoms with Gasteiger partial charge in [-0.05, 0) is 37.5 Å². The predicted molar refractivity (Wildman–Crippen MR) is 140 cm³/mol. The molecule has 7 heteroatoms. The van der Waals surface area contributed by atoms with Crippen molar-refractivity contribution in [2.24, 2.45) is 4.99 Å². The van der Waals surface area contributed by atoms with Crippen LogP contribution < -0.4 is 10.6 Å². The minimum absolute atomic E-state index is 0. The van der Waals surface area contributed by atoms with E-state index in [1.807, 2.05) is 37.3 Å². The molecule has 1 aromatic heterocycles. The maximum Gasteiger partial charge on any atom is 0.191 e. The fourth-order valence-corrected chi connectivity index (χ4v) is 3.86. The Bertz CT molecular complexity index is 940. The van der Waals surface area contributed by atoms with Crippen molar-refractivity contribution < 1.29 is 4.74 Å². The normalized spacial score (nSPS) is 11.1. The van der Waals surface area contributed by atoms with E-state index in [2.05, 4.69) is 53.7 Å². The topological polar surface area (TPSA) is 58.5 Å². The number of guanidine groups is 1. The molecule has 0 radical (unpaired) electrons. The third-order valence-corrected chi connectivity index (χ3v) is 5.79. The second-order valence-corrected chi connectivity index (χ2v) is 8.33. The first-order valence-corrected chi connectivity index (χ1v) is 11.1. The lowest BCUT2D eigenvalue weighted by Gasteiger charge is -2.12. The summed E-state index contributed by atoms with van der Waals surface area (Å²) in [6.45, 7) is 9.47. The number of thiazole rings is 1. The number of rotatable bonds is 9. The third kappa shape index (κ3) is 8.23. The van der Waals surface area contributed by atoms with Crippen LogP contribution in [0.1, 0.15) is 39.2 Å². The number of hydrogen-bond donors (Lipinski definition) is 2. The van der Waals surface area contributed by atoms with Crippen molar-refractivity contribution in [1.82, 2.24) is 15.6 Å². The molecule has 3 rings (SSSR count). The van der Waals surface area contributed by atoms with Gasteiger partial charge in [-0.25, -0.2) is 9.98 Å². The van der Waals surface area contributed by atoms with Gasteiger partial charge in [-0.15, -0.1) is 35.3 Å². The second kappa shape index (κ2) is 13.4. The van der Waals surface area contributed by atoms with E-state index >= 15 is 0 Å². The molecule has 0 spiro atoms. The third-order valence-electron chi connectivity index (χ3n) is 4.72. The molecular weight excluding hydrogens is 519 g/mol. The number of benzene rings is 2. The first kappa shape index (κ1) is 25.3. The summed E-state index contributed by atoms with van der Waals surface area (Å²) in [5, 5.41) is 7.77. The first-order valence-electron chi connectivity index (χ1n) is 10.3. The number of aromatic nitrogens is 1. The van der Waals surface area contributed by atoms with E-state index < -0.39 is 0 Å². The Morgan fingerprint density at radius 1 is 0.968 bits per heavy atom. The molecule has 5 nitrogen and oxygen atoms in total. The maximum atomic E-state index is 5.93. The van der Waals surface area contributed by atoms with E-state index in [0.29, 0.717) is 26.3 Å². The van der Waals surface area contributed by atoms with Crippen LogP contribution in [0.3, 0.4) is 0 Å². The minimum Gasteiger partial charge on any atom is -0.372 e. The lowest BCUT2D eigenvalue weighted by Crippen LogP contribution is -2.36. The average Bonchev–Trinajstić information content (AvgIpc) is 3.09. The van der Waals surface area contributed by atoms with Gasteiger partial charge in [0.2, 0.25) is 0 Å². The van der Waals surface area contributed by atoms with Crippen LogP contribution in [-0.2, 0) is 31.0 Å². The Labute approximate surface area is 206 Å². The predicted octanol–water partition coefficient (Wildman–Crippen LogP) is 5.35. The monoisotopic (exact) mass is 550 g/mol. The number of ether oxygens (including phenoxy) is 1. The molecule has 0 aliphatic carbocycles. The molecule has 0 fully saturated rings. The molecular formula is C24H31IN4OS. The highest BCUT2D eigenvalue weighted by atomic mass is 127. The van der Waals surface area contributed by atoms with Gasteiger partial charge in [-0.3, -0.25) is 0 Å². The summed E-state index contributed by atoms with van der Waals surface area (Å²) in [7, 11) is 0. The van der Waals surface area contributed by atoms with Crippen molar-refractivity contribution in [2.45, 2.75) is 47.1 Å². The highest BCUT2D eigenvalue weighted by Crippen LogP contribution is 2.16. The van der Waals surface area contributed by atoms with Gasteiger partial charge >= 0.3 is 0 Å². The van der Waals surface area contributed by atoms with Crippen LogP contribution in [-0.4, -0.2) is 17.5 Å². The molecule has 0 saturated carbocycles. The van der Waals surface area contributed by atoms with Gasteiger partial charge in [0.05, 0.1) is 32.0 Å². The number of nitrogens with zero attached hydrogens (tertiary/aromatic N) is 2. The molecule has 1 heterocycles. The summed E-state index contributed by atoms with van der Waals surface area (Å²) in [5.74, 6) is 0.794. The molecule has 0 aliphatic rings. The number of hydrogen-bond acceptors (Lipinski definition) is 4. The Morgan fingerprint density at radius 3 is 2.35 bits per heavy atom. The summed E-state index contributed by atoms with van der Waals surface area (Å²) < 4.78 is 5.93. The van der Waals surface area contributed by atoms with Gasteiger partial charge in [0.15, 0.2) is 5.96 Å². The van der Waals surface area contributed by atoms with Crippen LogP contribution >= 0.6 is 35.3 Å². The summed E-state index contributed by atoms with van der Waals surface area (Å²) in [6.07, 6.45) is 0. The summed E-state index contributed by atoms with van der Waals surface area (Å²) in [6, 6.07) is 18.6. The van der Waals surface area contributed by atoms with Crippen molar-refractivity contribution in [1.29, 1.82) is 0 Å². The Morgan fingerprint density at radius 2 is 1.68 bits per heavy atom. The van der Waals surface area contributed by atoms with Crippen LogP contribution in [0.15, 0.2) is 59.6 Å². The van der Waals surface area contributed by atoms with Crippen molar-refractivity contribution in [3.63, 3.8) is 0 Å². The van der Waals surface area contributed by atoms with E-state index in [-0.39, 0.29) is 24.0 Å². The molecule has 31 heavy (non-hydrogen) atoms. The highest BCUT2D eigenvalue weighted by Gasteiger charge is 2.06. The summed E-state index contributed by atoms with van der Waals surface area (Å²) in [4.78, 5) is 10.6. The second-order valence-electron chi connectivity index (χ2n) is 7.05. The van der Waals surface area contributed by atoms with Crippen LogP contribution in [0.5, 0.6) is 0 Å². The molecule has 0 unspecified atom stereocenters. The molecule has 0 atom stereocenters.